The monoisotopic (exact) mass is 286 g/mol. The van der Waals surface area contributed by atoms with Crippen LogP contribution in [-0.2, 0) is 19.6 Å². The molecule has 1 fully saturated rings. The van der Waals surface area contributed by atoms with Crippen LogP contribution in [0.1, 0.15) is 36.5 Å². The lowest BCUT2D eigenvalue weighted by Gasteiger charge is -2.31. The fourth-order valence-electron chi connectivity index (χ4n) is 2.70. The van der Waals surface area contributed by atoms with Crippen molar-refractivity contribution in [3.63, 3.8) is 0 Å². The highest BCUT2D eigenvalue weighted by Crippen LogP contribution is 2.28. The van der Waals surface area contributed by atoms with Crippen molar-refractivity contribution in [1.82, 2.24) is 15.0 Å². The molecule has 5 heteroatoms. The van der Waals surface area contributed by atoms with Gasteiger partial charge in [-0.05, 0) is 24.3 Å². The number of nitrogens with zero attached hydrogens (tertiary/aromatic N) is 3. The van der Waals surface area contributed by atoms with Gasteiger partial charge >= 0.3 is 0 Å². The first-order valence-corrected chi connectivity index (χ1v) is 7.61. The lowest BCUT2D eigenvalue weighted by molar-refractivity contribution is 0.160. The molecule has 0 aliphatic heterocycles. The van der Waals surface area contributed by atoms with Crippen molar-refractivity contribution in [3.05, 3.63) is 47.6 Å². The summed E-state index contributed by atoms with van der Waals surface area (Å²) in [7, 11) is 0. The molecule has 3 rings (SSSR count). The molecule has 0 radical (unpaired) electrons. The van der Waals surface area contributed by atoms with Crippen molar-refractivity contribution in [2.24, 2.45) is 11.7 Å². The molecule has 5 nitrogen and oxygen atoms in total. The van der Waals surface area contributed by atoms with Gasteiger partial charge in [-0.3, -0.25) is 4.90 Å². The summed E-state index contributed by atoms with van der Waals surface area (Å²) < 4.78 is 5.10. The lowest BCUT2D eigenvalue weighted by Crippen LogP contribution is -2.32. The predicted molar refractivity (Wildman–Crippen MR) is 80.1 cm³/mol. The zero-order chi connectivity index (χ0) is 14.5. The molecule has 0 spiro atoms. The quantitative estimate of drug-likeness (QED) is 0.846. The van der Waals surface area contributed by atoms with Crippen molar-refractivity contribution in [3.8, 4) is 0 Å². The van der Waals surface area contributed by atoms with Crippen LogP contribution in [0.2, 0.25) is 0 Å². The third kappa shape index (κ3) is 3.89. The molecule has 1 heterocycles. The molecule has 1 aromatic heterocycles. The minimum absolute atomic E-state index is 0.300. The van der Waals surface area contributed by atoms with E-state index >= 15 is 0 Å². The van der Waals surface area contributed by atoms with E-state index in [-0.39, 0.29) is 0 Å². The van der Waals surface area contributed by atoms with Gasteiger partial charge in [0, 0.05) is 13.1 Å². The predicted octanol–water partition coefficient (Wildman–Crippen LogP) is 2.33. The Kier molecular flexibility index (Phi) is 4.62. The number of hydrogen-bond acceptors (Lipinski definition) is 5. The van der Waals surface area contributed by atoms with Gasteiger partial charge in [-0.15, -0.1) is 0 Å². The van der Waals surface area contributed by atoms with Gasteiger partial charge in [0.05, 0.1) is 13.1 Å². The first-order chi connectivity index (χ1) is 10.3. The number of hydrogen-bond donors (Lipinski definition) is 1. The molecule has 0 atom stereocenters. The van der Waals surface area contributed by atoms with Crippen LogP contribution < -0.4 is 5.73 Å². The summed E-state index contributed by atoms with van der Waals surface area (Å²) in [4.78, 5) is 6.72. The average Bonchev–Trinajstić information content (AvgIpc) is 2.91. The highest BCUT2D eigenvalue weighted by molar-refractivity contribution is 5.14. The second kappa shape index (κ2) is 6.83. The van der Waals surface area contributed by atoms with E-state index in [9.17, 15) is 0 Å². The Balaban J connectivity index is 1.65. The Morgan fingerprint density at radius 3 is 2.62 bits per heavy atom. The molecule has 1 saturated carbocycles. The van der Waals surface area contributed by atoms with Crippen molar-refractivity contribution < 1.29 is 4.52 Å². The fourth-order valence-corrected chi connectivity index (χ4v) is 2.70. The van der Waals surface area contributed by atoms with E-state index < -0.39 is 0 Å². The van der Waals surface area contributed by atoms with Crippen LogP contribution in [0.15, 0.2) is 34.9 Å². The molecule has 112 valence electrons. The van der Waals surface area contributed by atoms with Gasteiger partial charge in [0.1, 0.15) is 0 Å². The highest BCUT2D eigenvalue weighted by Gasteiger charge is 2.22. The van der Waals surface area contributed by atoms with E-state index in [1.165, 1.54) is 24.8 Å². The standard InChI is InChI=1S/C16H22N4O/c17-9-16-18-15(19-21-16)12-20(11-14-7-4-8-14)10-13-5-2-1-3-6-13/h1-3,5-6,14H,4,7-12,17H2. The summed E-state index contributed by atoms with van der Waals surface area (Å²) in [5.74, 6) is 2.05. The van der Waals surface area contributed by atoms with Crippen LogP contribution in [0.3, 0.4) is 0 Å². The van der Waals surface area contributed by atoms with Gasteiger partial charge in [-0.1, -0.05) is 41.9 Å². The third-order valence-electron chi connectivity index (χ3n) is 4.04. The van der Waals surface area contributed by atoms with Gasteiger partial charge < -0.3 is 10.3 Å². The summed E-state index contributed by atoms with van der Waals surface area (Å²) in [5.41, 5.74) is 6.84. The Labute approximate surface area is 125 Å². The second-order valence-corrected chi connectivity index (χ2v) is 5.76. The SMILES string of the molecule is NCc1nc(CN(Cc2ccccc2)CC2CCC2)no1. The minimum atomic E-state index is 0.300. The van der Waals surface area contributed by atoms with Crippen molar-refractivity contribution >= 4 is 0 Å². The van der Waals surface area contributed by atoms with E-state index in [0.29, 0.717) is 12.4 Å². The molecule has 0 amide bonds. The van der Waals surface area contributed by atoms with E-state index in [4.69, 9.17) is 10.3 Å². The molecule has 0 unspecified atom stereocenters. The van der Waals surface area contributed by atoms with E-state index in [0.717, 1.165) is 31.4 Å². The molecule has 0 bridgehead atoms. The normalized spacial score (nSPS) is 15.3. The van der Waals surface area contributed by atoms with Crippen LogP contribution in [0.4, 0.5) is 0 Å². The Morgan fingerprint density at radius 1 is 1.19 bits per heavy atom. The molecule has 1 aliphatic rings. The maximum absolute atomic E-state index is 5.52. The van der Waals surface area contributed by atoms with Crippen LogP contribution in [0, 0.1) is 5.92 Å². The first-order valence-electron chi connectivity index (χ1n) is 7.61. The molecule has 2 aromatic rings. The van der Waals surface area contributed by atoms with E-state index in [1.54, 1.807) is 0 Å². The van der Waals surface area contributed by atoms with Crippen molar-refractivity contribution in [2.75, 3.05) is 6.54 Å². The largest absolute Gasteiger partial charge is 0.338 e. The molecule has 0 saturated heterocycles. The maximum Gasteiger partial charge on any atom is 0.240 e. The van der Waals surface area contributed by atoms with E-state index in [1.807, 2.05) is 6.07 Å². The number of rotatable bonds is 7. The van der Waals surface area contributed by atoms with Crippen LogP contribution in [-0.4, -0.2) is 21.6 Å². The smallest absolute Gasteiger partial charge is 0.240 e. The lowest BCUT2D eigenvalue weighted by atomic mass is 9.85. The summed E-state index contributed by atoms with van der Waals surface area (Å²) in [5, 5.41) is 4.01. The van der Waals surface area contributed by atoms with Crippen LogP contribution in [0.5, 0.6) is 0 Å². The molecular formula is C16H22N4O. The molecule has 21 heavy (non-hydrogen) atoms. The summed E-state index contributed by atoms with van der Waals surface area (Å²) in [6.45, 7) is 3.04. The molecular weight excluding hydrogens is 264 g/mol. The van der Waals surface area contributed by atoms with Crippen molar-refractivity contribution in [2.45, 2.75) is 38.9 Å². The average molecular weight is 286 g/mol. The maximum atomic E-state index is 5.52. The van der Waals surface area contributed by atoms with Gasteiger partial charge in [0.25, 0.3) is 0 Å². The Hall–Kier alpha value is -1.72. The zero-order valence-corrected chi connectivity index (χ0v) is 12.2. The van der Waals surface area contributed by atoms with Gasteiger partial charge in [0.2, 0.25) is 5.89 Å². The highest BCUT2D eigenvalue weighted by atomic mass is 16.5. The summed E-state index contributed by atoms with van der Waals surface area (Å²) >= 11 is 0. The summed E-state index contributed by atoms with van der Waals surface area (Å²) in [6.07, 6.45) is 4.04. The van der Waals surface area contributed by atoms with Crippen LogP contribution >= 0.6 is 0 Å². The third-order valence-corrected chi connectivity index (χ3v) is 4.04. The number of aromatic nitrogens is 2. The van der Waals surface area contributed by atoms with Gasteiger partial charge in [-0.2, -0.15) is 4.98 Å². The van der Waals surface area contributed by atoms with Crippen LogP contribution in [0.25, 0.3) is 0 Å². The molecule has 1 aromatic carbocycles. The van der Waals surface area contributed by atoms with Gasteiger partial charge in [0.15, 0.2) is 5.82 Å². The zero-order valence-electron chi connectivity index (χ0n) is 12.2. The molecule has 2 N–H and O–H groups in total. The molecule has 1 aliphatic carbocycles. The Morgan fingerprint density at radius 2 is 2.00 bits per heavy atom. The fraction of sp³-hybridized carbons (Fsp3) is 0.500. The second-order valence-electron chi connectivity index (χ2n) is 5.76. The minimum Gasteiger partial charge on any atom is -0.338 e. The topological polar surface area (TPSA) is 68.2 Å². The van der Waals surface area contributed by atoms with Gasteiger partial charge in [-0.25, -0.2) is 0 Å². The Bertz CT molecular complexity index is 550. The number of benzene rings is 1. The van der Waals surface area contributed by atoms with E-state index in [2.05, 4.69) is 39.3 Å². The first kappa shape index (κ1) is 14.2. The van der Waals surface area contributed by atoms with Crippen molar-refractivity contribution in [1.29, 1.82) is 0 Å². The number of nitrogens with two attached hydrogens (primary N) is 1. The summed E-state index contributed by atoms with van der Waals surface area (Å²) in [6, 6.07) is 10.5.